The minimum atomic E-state index is -0.261. The number of carbonyl (C=O) groups excluding carboxylic acids is 1. The van der Waals surface area contributed by atoms with Gasteiger partial charge in [-0.05, 0) is 75.1 Å². The first-order valence-electron chi connectivity index (χ1n) is 9.74. The van der Waals surface area contributed by atoms with Crippen LogP contribution in [0.1, 0.15) is 51.2 Å². The maximum atomic E-state index is 13.4. The van der Waals surface area contributed by atoms with Gasteiger partial charge in [0.15, 0.2) is 0 Å². The quantitative estimate of drug-likeness (QED) is 0.764. The average Bonchev–Trinajstić information content (AvgIpc) is 2.94. The van der Waals surface area contributed by atoms with Gasteiger partial charge < -0.3 is 14.4 Å². The third kappa shape index (κ3) is 2.86. The Balaban J connectivity index is 1.86. The predicted molar refractivity (Wildman–Crippen MR) is 111 cm³/mol. The molecule has 28 heavy (non-hydrogen) atoms. The lowest BCUT2D eigenvalue weighted by atomic mass is 9.80. The maximum absolute atomic E-state index is 13.4. The number of rotatable bonds is 4. The molecule has 0 spiro atoms. The zero-order chi connectivity index (χ0) is 20.1. The number of ether oxygens (including phenoxy) is 2. The van der Waals surface area contributed by atoms with E-state index in [1.54, 1.807) is 7.11 Å². The molecule has 2 aliphatic rings. The molecule has 2 heterocycles. The van der Waals surface area contributed by atoms with Crippen molar-refractivity contribution in [2.75, 3.05) is 18.6 Å². The number of amides is 1. The Labute approximate surface area is 166 Å². The van der Waals surface area contributed by atoms with E-state index < -0.39 is 0 Å². The van der Waals surface area contributed by atoms with E-state index in [0.717, 1.165) is 40.4 Å². The topological polar surface area (TPSA) is 51.1 Å². The SMILES string of the molecule is CCOc1ccc(N=C2C(=O)N3c4c2cc(OC)cc4C(C)CC3(C)C)cc1. The van der Waals surface area contributed by atoms with Gasteiger partial charge in [-0.15, -0.1) is 0 Å². The van der Waals surface area contributed by atoms with Crippen molar-refractivity contribution >= 4 is 23.0 Å². The second-order valence-electron chi connectivity index (χ2n) is 8.06. The van der Waals surface area contributed by atoms with Gasteiger partial charge in [-0.2, -0.15) is 0 Å². The van der Waals surface area contributed by atoms with Crippen LogP contribution >= 0.6 is 0 Å². The summed E-state index contributed by atoms with van der Waals surface area (Å²) in [6.45, 7) is 9.02. The molecule has 0 aromatic heterocycles. The van der Waals surface area contributed by atoms with Gasteiger partial charge in [0, 0.05) is 11.1 Å². The molecule has 0 radical (unpaired) electrons. The monoisotopic (exact) mass is 378 g/mol. The highest BCUT2D eigenvalue weighted by Crippen LogP contribution is 2.50. The molecule has 0 saturated heterocycles. The summed E-state index contributed by atoms with van der Waals surface area (Å²) >= 11 is 0. The molecule has 146 valence electrons. The van der Waals surface area contributed by atoms with Crippen LogP contribution in [-0.2, 0) is 4.79 Å². The van der Waals surface area contributed by atoms with E-state index in [1.807, 2.05) is 42.2 Å². The summed E-state index contributed by atoms with van der Waals surface area (Å²) in [5, 5.41) is 0. The van der Waals surface area contributed by atoms with Crippen LogP contribution < -0.4 is 14.4 Å². The Kier molecular flexibility index (Phi) is 4.41. The van der Waals surface area contributed by atoms with Crippen molar-refractivity contribution in [3.05, 3.63) is 47.5 Å². The van der Waals surface area contributed by atoms with E-state index in [-0.39, 0.29) is 11.4 Å². The van der Waals surface area contributed by atoms with E-state index in [2.05, 4.69) is 26.8 Å². The second kappa shape index (κ2) is 6.66. The summed E-state index contributed by atoms with van der Waals surface area (Å²) < 4.78 is 11.0. The highest BCUT2D eigenvalue weighted by Gasteiger charge is 2.48. The molecule has 0 N–H and O–H groups in total. The zero-order valence-corrected chi connectivity index (χ0v) is 17.1. The number of hydrogen-bond donors (Lipinski definition) is 0. The van der Waals surface area contributed by atoms with Gasteiger partial charge in [0.2, 0.25) is 0 Å². The van der Waals surface area contributed by atoms with Crippen molar-refractivity contribution < 1.29 is 14.3 Å². The standard InChI is InChI=1S/C23H26N2O3/c1-6-28-16-9-7-15(8-10-16)24-20-19-12-17(27-5)11-18-14(2)13-23(3,4)25(21(18)19)22(20)26/h7-12,14H,6,13H2,1-5H3. The van der Waals surface area contributed by atoms with Gasteiger partial charge in [-0.25, -0.2) is 4.99 Å². The number of benzene rings is 2. The Morgan fingerprint density at radius 3 is 2.54 bits per heavy atom. The number of hydrogen-bond acceptors (Lipinski definition) is 4. The molecular formula is C23H26N2O3. The summed E-state index contributed by atoms with van der Waals surface area (Å²) in [5.41, 5.74) is 3.93. The van der Waals surface area contributed by atoms with Crippen LogP contribution in [0.4, 0.5) is 11.4 Å². The summed E-state index contributed by atoms with van der Waals surface area (Å²) in [5.74, 6) is 1.85. The lowest BCUT2D eigenvalue weighted by Gasteiger charge is -2.43. The van der Waals surface area contributed by atoms with E-state index in [9.17, 15) is 4.79 Å². The Bertz CT molecular complexity index is 961. The molecule has 2 aliphatic heterocycles. The average molecular weight is 378 g/mol. The molecule has 4 rings (SSSR count). The molecule has 0 bridgehead atoms. The van der Waals surface area contributed by atoms with Crippen LogP contribution in [0.2, 0.25) is 0 Å². The molecule has 1 atom stereocenters. The molecule has 1 unspecified atom stereocenters. The molecule has 5 heteroatoms. The smallest absolute Gasteiger partial charge is 0.278 e. The first kappa shape index (κ1) is 18.5. The molecule has 0 saturated carbocycles. The minimum absolute atomic E-state index is 0.0460. The number of carbonyl (C=O) groups is 1. The highest BCUT2D eigenvalue weighted by molar-refractivity contribution is 6.55. The molecule has 2 aromatic carbocycles. The Morgan fingerprint density at radius 1 is 1.18 bits per heavy atom. The lowest BCUT2D eigenvalue weighted by molar-refractivity contribution is -0.113. The third-order valence-corrected chi connectivity index (χ3v) is 5.56. The van der Waals surface area contributed by atoms with Crippen LogP contribution in [0.15, 0.2) is 41.4 Å². The first-order chi connectivity index (χ1) is 13.4. The van der Waals surface area contributed by atoms with Gasteiger partial charge in [-0.1, -0.05) is 6.92 Å². The predicted octanol–water partition coefficient (Wildman–Crippen LogP) is 4.85. The molecule has 2 aromatic rings. The van der Waals surface area contributed by atoms with Crippen molar-refractivity contribution in [2.24, 2.45) is 4.99 Å². The largest absolute Gasteiger partial charge is 0.497 e. The second-order valence-corrected chi connectivity index (χ2v) is 8.06. The van der Waals surface area contributed by atoms with Crippen LogP contribution in [0.5, 0.6) is 11.5 Å². The van der Waals surface area contributed by atoms with Gasteiger partial charge >= 0.3 is 0 Å². The number of nitrogens with zero attached hydrogens (tertiary/aromatic N) is 2. The zero-order valence-electron chi connectivity index (χ0n) is 17.1. The molecule has 5 nitrogen and oxygen atoms in total. The lowest BCUT2D eigenvalue weighted by Crippen LogP contribution is -2.50. The Morgan fingerprint density at radius 2 is 1.89 bits per heavy atom. The molecular weight excluding hydrogens is 352 g/mol. The number of anilines is 1. The summed E-state index contributed by atoms with van der Waals surface area (Å²) in [6.07, 6.45) is 0.898. The van der Waals surface area contributed by atoms with Crippen molar-refractivity contribution in [2.45, 2.75) is 45.6 Å². The fourth-order valence-electron chi connectivity index (χ4n) is 4.42. The van der Waals surface area contributed by atoms with Crippen LogP contribution in [0, 0.1) is 0 Å². The van der Waals surface area contributed by atoms with Crippen LogP contribution in [0.3, 0.4) is 0 Å². The fourth-order valence-corrected chi connectivity index (χ4v) is 4.42. The van der Waals surface area contributed by atoms with Crippen molar-refractivity contribution in [1.82, 2.24) is 0 Å². The minimum Gasteiger partial charge on any atom is -0.497 e. The molecule has 0 aliphatic carbocycles. The molecule has 1 amide bonds. The highest BCUT2D eigenvalue weighted by atomic mass is 16.5. The van der Waals surface area contributed by atoms with Crippen LogP contribution in [-0.4, -0.2) is 30.9 Å². The Hall–Kier alpha value is -2.82. The van der Waals surface area contributed by atoms with Crippen molar-refractivity contribution in [3.8, 4) is 11.5 Å². The van der Waals surface area contributed by atoms with Gasteiger partial charge in [0.05, 0.1) is 25.1 Å². The normalized spacial score (nSPS) is 21.0. The van der Waals surface area contributed by atoms with Crippen molar-refractivity contribution in [1.29, 1.82) is 0 Å². The number of methoxy groups -OCH3 is 1. The van der Waals surface area contributed by atoms with Crippen LogP contribution in [0.25, 0.3) is 0 Å². The summed E-state index contributed by atoms with van der Waals surface area (Å²) in [7, 11) is 1.66. The van der Waals surface area contributed by atoms with E-state index in [1.165, 1.54) is 0 Å². The number of aliphatic imine (C=N–C) groups is 1. The third-order valence-electron chi connectivity index (χ3n) is 5.56. The summed E-state index contributed by atoms with van der Waals surface area (Å²) in [4.78, 5) is 20.1. The molecule has 0 fully saturated rings. The van der Waals surface area contributed by atoms with Gasteiger partial charge in [-0.3, -0.25) is 4.79 Å². The first-order valence-corrected chi connectivity index (χ1v) is 9.74. The maximum Gasteiger partial charge on any atom is 0.278 e. The fraction of sp³-hybridized carbons (Fsp3) is 0.391. The summed E-state index contributed by atoms with van der Waals surface area (Å²) in [6, 6.07) is 11.5. The van der Waals surface area contributed by atoms with Gasteiger partial charge in [0.1, 0.15) is 17.2 Å². The van der Waals surface area contributed by atoms with E-state index in [4.69, 9.17) is 14.5 Å². The van der Waals surface area contributed by atoms with Gasteiger partial charge in [0.25, 0.3) is 5.91 Å². The van der Waals surface area contributed by atoms with E-state index in [0.29, 0.717) is 18.2 Å². The van der Waals surface area contributed by atoms with E-state index >= 15 is 0 Å². The van der Waals surface area contributed by atoms with Crippen molar-refractivity contribution in [3.63, 3.8) is 0 Å².